The summed E-state index contributed by atoms with van der Waals surface area (Å²) in [6.45, 7) is 2.58. The second-order valence-electron chi connectivity index (χ2n) is 4.59. The molecule has 0 aliphatic rings. The lowest BCUT2D eigenvalue weighted by atomic mass is 10.1. The molecule has 0 spiro atoms. The zero-order valence-corrected chi connectivity index (χ0v) is 13.5. The van der Waals surface area contributed by atoms with Crippen molar-refractivity contribution in [2.24, 2.45) is 0 Å². The van der Waals surface area contributed by atoms with Crippen molar-refractivity contribution in [2.75, 3.05) is 18.4 Å². The Morgan fingerprint density at radius 2 is 1.65 bits per heavy atom. The molecule has 0 aromatic heterocycles. The molecule has 0 saturated heterocycles. The van der Waals surface area contributed by atoms with Gasteiger partial charge in [-0.3, -0.25) is 9.59 Å². The van der Waals surface area contributed by atoms with E-state index in [0.29, 0.717) is 6.61 Å². The average Bonchev–Trinajstić information content (AvgIpc) is 2.45. The van der Waals surface area contributed by atoms with Crippen molar-refractivity contribution in [1.29, 1.82) is 0 Å². The Morgan fingerprint density at radius 3 is 2.25 bits per heavy atom. The summed E-state index contributed by atoms with van der Waals surface area (Å²) in [5.41, 5.74) is 0. The fourth-order valence-corrected chi connectivity index (χ4v) is 1.89. The maximum absolute atomic E-state index is 11.5. The van der Waals surface area contributed by atoms with Crippen LogP contribution in [-0.2, 0) is 19.1 Å². The Kier molecular flexibility index (Phi) is 13.2. The van der Waals surface area contributed by atoms with Gasteiger partial charge in [0.2, 0.25) is 0 Å². The fraction of sp³-hybridized carbons (Fsp3) is 0.857. The van der Waals surface area contributed by atoms with Crippen LogP contribution in [0.3, 0.4) is 0 Å². The van der Waals surface area contributed by atoms with Gasteiger partial charge in [0, 0.05) is 0 Å². The van der Waals surface area contributed by atoms with Gasteiger partial charge in [-0.1, -0.05) is 39.0 Å². The minimum atomic E-state index is -0.667. The van der Waals surface area contributed by atoms with E-state index >= 15 is 0 Å². The van der Waals surface area contributed by atoms with Crippen LogP contribution in [0.25, 0.3) is 0 Å². The number of alkyl halides is 2. The Morgan fingerprint density at radius 1 is 1.00 bits per heavy atom. The lowest BCUT2D eigenvalue weighted by molar-refractivity contribution is -0.152. The van der Waals surface area contributed by atoms with Crippen LogP contribution < -0.4 is 0 Å². The molecule has 0 aromatic rings. The molecule has 0 amide bonds. The van der Waals surface area contributed by atoms with Crippen LogP contribution in [-0.4, -0.2) is 36.4 Å². The summed E-state index contributed by atoms with van der Waals surface area (Å²) in [6.07, 6.45) is 6.10. The van der Waals surface area contributed by atoms with Gasteiger partial charge in [0.1, 0.15) is 12.0 Å². The molecule has 0 saturated carbocycles. The molecule has 6 heteroatoms. The summed E-state index contributed by atoms with van der Waals surface area (Å²) in [7, 11) is 0. The van der Waals surface area contributed by atoms with Crippen molar-refractivity contribution in [1.82, 2.24) is 0 Å². The Balaban J connectivity index is 3.62. The van der Waals surface area contributed by atoms with Crippen molar-refractivity contribution in [3.8, 4) is 0 Å². The molecule has 0 aromatic carbocycles. The quantitative estimate of drug-likeness (QED) is 0.312. The highest BCUT2D eigenvalue weighted by molar-refractivity contribution is 6.26. The predicted molar refractivity (Wildman–Crippen MR) is 80.3 cm³/mol. The third-order valence-corrected chi connectivity index (χ3v) is 3.30. The largest absolute Gasteiger partial charge is 0.466 e. The summed E-state index contributed by atoms with van der Waals surface area (Å²) in [5, 5.41) is 0. The van der Waals surface area contributed by atoms with Crippen LogP contribution in [0.4, 0.5) is 0 Å². The summed E-state index contributed by atoms with van der Waals surface area (Å²) >= 11 is 10.9. The third-order valence-electron chi connectivity index (χ3n) is 2.73. The Labute approximate surface area is 131 Å². The minimum absolute atomic E-state index is 0.0258. The molecular formula is C14H24Cl2O4. The zero-order chi connectivity index (χ0) is 15.2. The highest BCUT2D eigenvalue weighted by Crippen LogP contribution is 2.07. The molecule has 0 rings (SSSR count). The van der Waals surface area contributed by atoms with E-state index in [0.717, 1.165) is 12.8 Å². The molecule has 0 radical (unpaired) electrons. The topological polar surface area (TPSA) is 52.6 Å². The standard InChI is InChI=1S/C14H24Cl2O4/c1-2-3-4-5-6-7-8-19-13(17)9-12(10-15)20-14(18)11-16/h12H,2-11H2,1H3. The van der Waals surface area contributed by atoms with Gasteiger partial charge in [0.25, 0.3) is 0 Å². The number of hydrogen-bond donors (Lipinski definition) is 0. The number of carbonyl (C=O) groups excluding carboxylic acids is 2. The predicted octanol–water partition coefficient (Wildman–Crippen LogP) is 3.67. The second-order valence-corrected chi connectivity index (χ2v) is 5.17. The minimum Gasteiger partial charge on any atom is -0.466 e. The molecular weight excluding hydrogens is 303 g/mol. The van der Waals surface area contributed by atoms with E-state index < -0.39 is 18.0 Å². The van der Waals surface area contributed by atoms with E-state index in [2.05, 4.69) is 6.92 Å². The van der Waals surface area contributed by atoms with Crippen LogP contribution in [0.5, 0.6) is 0 Å². The van der Waals surface area contributed by atoms with Crippen molar-refractivity contribution >= 4 is 35.1 Å². The van der Waals surface area contributed by atoms with Gasteiger partial charge < -0.3 is 9.47 Å². The van der Waals surface area contributed by atoms with E-state index in [1.54, 1.807) is 0 Å². The van der Waals surface area contributed by atoms with E-state index in [1.807, 2.05) is 0 Å². The van der Waals surface area contributed by atoms with Crippen LogP contribution in [0.2, 0.25) is 0 Å². The van der Waals surface area contributed by atoms with Crippen LogP contribution in [0.15, 0.2) is 0 Å². The van der Waals surface area contributed by atoms with E-state index in [9.17, 15) is 9.59 Å². The van der Waals surface area contributed by atoms with Crippen LogP contribution >= 0.6 is 23.2 Å². The van der Waals surface area contributed by atoms with Crippen LogP contribution in [0.1, 0.15) is 51.9 Å². The molecule has 20 heavy (non-hydrogen) atoms. The molecule has 0 fully saturated rings. The number of ether oxygens (including phenoxy) is 2. The van der Waals surface area contributed by atoms with E-state index in [1.165, 1.54) is 25.7 Å². The second kappa shape index (κ2) is 13.5. The number of halogens is 2. The highest BCUT2D eigenvalue weighted by Gasteiger charge is 2.17. The van der Waals surface area contributed by atoms with E-state index in [-0.39, 0.29) is 18.2 Å². The Hall–Kier alpha value is -0.480. The molecule has 0 aliphatic heterocycles. The number of unbranched alkanes of at least 4 members (excludes halogenated alkanes) is 5. The zero-order valence-electron chi connectivity index (χ0n) is 12.0. The van der Waals surface area contributed by atoms with Gasteiger partial charge in [0.15, 0.2) is 0 Å². The first kappa shape index (κ1) is 19.5. The first-order valence-corrected chi connectivity index (χ1v) is 8.18. The number of esters is 2. The van der Waals surface area contributed by atoms with E-state index in [4.69, 9.17) is 32.7 Å². The van der Waals surface area contributed by atoms with Gasteiger partial charge in [-0.05, 0) is 6.42 Å². The maximum Gasteiger partial charge on any atom is 0.321 e. The smallest absolute Gasteiger partial charge is 0.321 e. The molecule has 0 bridgehead atoms. The Bertz CT molecular complexity index is 272. The SMILES string of the molecule is CCCCCCCCOC(=O)CC(CCl)OC(=O)CCl. The third kappa shape index (κ3) is 11.4. The monoisotopic (exact) mass is 326 g/mol. The molecule has 4 nitrogen and oxygen atoms in total. The highest BCUT2D eigenvalue weighted by atomic mass is 35.5. The van der Waals surface area contributed by atoms with Crippen molar-refractivity contribution < 1.29 is 19.1 Å². The maximum atomic E-state index is 11.5. The molecule has 118 valence electrons. The first-order valence-electron chi connectivity index (χ1n) is 7.11. The molecule has 1 unspecified atom stereocenters. The fourth-order valence-electron chi connectivity index (χ4n) is 1.66. The van der Waals surface area contributed by atoms with Crippen molar-refractivity contribution in [3.05, 3.63) is 0 Å². The normalized spacial score (nSPS) is 11.9. The van der Waals surface area contributed by atoms with Crippen molar-refractivity contribution in [2.45, 2.75) is 58.0 Å². The van der Waals surface area contributed by atoms with Gasteiger partial charge in [-0.15, -0.1) is 23.2 Å². The first-order chi connectivity index (χ1) is 9.63. The number of hydrogen-bond acceptors (Lipinski definition) is 4. The summed E-state index contributed by atoms with van der Waals surface area (Å²) in [6, 6.07) is 0. The van der Waals surface area contributed by atoms with Crippen LogP contribution in [0, 0.1) is 0 Å². The molecule has 1 atom stereocenters. The number of rotatable bonds is 12. The molecule has 0 N–H and O–H groups in total. The summed E-state index contributed by atoms with van der Waals surface area (Å²) < 4.78 is 9.96. The van der Waals surface area contributed by atoms with Gasteiger partial charge >= 0.3 is 11.9 Å². The lowest BCUT2D eigenvalue weighted by Gasteiger charge is -2.13. The summed E-state index contributed by atoms with van der Waals surface area (Å²) in [5.74, 6) is -1.18. The van der Waals surface area contributed by atoms with Gasteiger partial charge in [0.05, 0.1) is 18.9 Å². The van der Waals surface area contributed by atoms with Gasteiger partial charge in [-0.25, -0.2) is 0 Å². The molecule has 0 heterocycles. The summed E-state index contributed by atoms with van der Waals surface area (Å²) in [4.78, 5) is 22.5. The lowest BCUT2D eigenvalue weighted by Crippen LogP contribution is -2.25. The number of carbonyl (C=O) groups is 2. The van der Waals surface area contributed by atoms with Gasteiger partial charge in [-0.2, -0.15) is 0 Å². The average molecular weight is 327 g/mol. The van der Waals surface area contributed by atoms with Crippen molar-refractivity contribution in [3.63, 3.8) is 0 Å². The molecule has 0 aliphatic carbocycles.